The average Bonchev–Trinajstić information content (AvgIpc) is 3.34. The van der Waals surface area contributed by atoms with Crippen molar-refractivity contribution < 1.29 is 9.21 Å². The minimum Gasteiger partial charge on any atom is -0.459 e. The van der Waals surface area contributed by atoms with E-state index in [0.717, 1.165) is 29.8 Å². The molecule has 0 spiro atoms. The molecule has 1 amide bonds. The molecule has 0 aliphatic carbocycles. The van der Waals surface area contributed by atoms with Crippen molar-refractivity contribution in [1.29, 1.82) is 0 Å². The molecular formula is C19H27N5O2S. The number of piperazine rings is 1. The lowest BCUT2D eigenvalue weighted by atomic mass is 9.93. The molecule has 0 unspecified atom stereocenters. The number of hydrogen-bond donors (Lipinski definition) is 1. The highest BCUT2D eigenvalue weighted by Crippen LogP contribution is 2.23. The third kappa shape index (κ3) is 4.68. The van der Waals surface area contributed by atoms with Gasteiger partial charge in [-0.15, -0.1) is 11.3 Å². The van der Waals surface area contributed by atoms with Gasteiger partial charge in [0.15, 0.2) is 11.7 Å². The molecule has 3 rings (SSSR count). The highest BCUT2D eigenvalue weighted by atomic mass is 32.1. The number of hydrogen-bond acceptors (Lipinski definition) is 5. The molecule has 0 radical (unpaired) electrons. The number of guanidine groups is 1. The van der Waals surface area contributed by atoms with Crippen molar-refractivity contribution in [1.82, 2.24) is 20.1 Å². The molecule has 1 aliphatic rings. The van der Waals surface area contributed by atoms with Crippen LogP contribution < -0.4 is 5.32 Å². The van der Waals surface area contributed by atoms with E-state index in [-0.39, 0.29) is 11.3 Å². The van der Waals surface area contributed by atoms with E-state index in [2.05, 4.69) is 41.4 Å². The van der Waals surface area contributed by atoms with Crippen LogP contribution in [0.5, 0.6) is 0 Å². The van der Waals surface area contributed by atoms with Crippen molar-refractivity contribution in [3.63, 3.8) is 0 Å². The molecule has 2 aromatic rings. The minimum absolute atomic E-state index is 0.0555. The molecule has 8 heteroatoms. The van der Waals surface area contributed by atoms with Gasteiger partial charge < -0.3 is 19.5 Å². The number of carbonyl (C=O) groups excluding carboxylic acids is 1. The van der Waals surface area contributed by atoms with E-state index < -0.39 is 0 Å². The van der Waals surface area contributed by atoms with Crippen molar-refractivity contribution in [2.24, 2.45) is 4.99 Å². The van der Waals surface area contributed by atoms with Crippen LogP contribution in [0.1, 0.15) is 42.0 Å². The van der Waals surface area contributed by atoms with Crippen LogP contribution in [0.4, 0.5) is 0 Å². The molecule has 1 saturated heterocycles. The molecule has 0 bridgehead atoms. The van der Waals surface area contributed by atoms with Gasteiger partial charge in [-0.2, -0.15) is 0 Å². The highest BCUT2D eigenvalue weighted by Gasteiger charge is 2.25. The molecule has 2 aromatic heterocycles. The van der Waals surface area contributed by atoms with Crippen LogP contribution in [0.2, 0.25) is 0 Å². The van der Waals surface area contributed by atoms with E-state index in [9.17, 15) is 4.79 Å². The zero-order chi connectivity index (χ0) is 19.4. The van der Waals surface area contributed by atoms with Crippen molar-refractivity contribution in [3.8, 4) is 0 Å². The standard InChI is InChI=1S/C19H27N5O2S/c1-19(2,3)15-13-27-16(22-15)12-21-18(20-4)24-9-7-23(8-10-24)17(25)14-6-5-11-26-14/h5-6,11,13H,7-10,12H2,1-4H3,(H,20,21). The number of rotatable bonds is 3. The summed E-state index contributed by atoms with van der Waals surface area (Å²) in [6.07, 6.45) is 1.53. The summed E-state index contributed by atoms with van der Waals surface area (Å²) in [6.45, 7) is 9.91. The quantitative estimate of drug-likeness (QED) is 0.645. The molecule has 1 aliphatic heterocycles. The molecular weight excluding hydrogens is 362 g/mol. The molecule has 1 N–H and O–H groups in total. The van der Waals surface area contributed by atoms with Crippen LogP contribution >= 0.6 is 11.3 Å². The van der Waals surface area contributed by atoms with Gasteiger partial charge in [-0.3, -0.25) is 9.79 Å². The Morgan fingerprint density at radius 1 is 1.30 bits per heavy atom. The molecule has 0 atom stereocenters. The topological polar surface area (TPSA) is 74.0 Å². The third-order valence-corrected chi connectivity index (χ3v) is 5.38. The van der Waals surface area contributed by atoms with E-state index >= 15 is 0 Å². The predicted molar refractivity (Wildman–Crippen MR) is 107 cm³/mol. The Labute approximate surface area is 164 Å². The Bertz CT molecular complexity index is 783. The summed E-state index contributed by atoms with van der Waals surface area (Å²) in [6, 6.07) is 3.44. The van der Waals surface area contributed by atoms with Crippen molar-refractivity contribution in [3.05, 3.63) is 40.2 Å². The first kappa shape index (κ1) is 19.4. The Balaban J connectivity index is 1.52. The molecule has 7 nitrogen and oxygen atoms in total. The molecule has 27 heavy (non-hydrogen) atoms. The van der Waals surface area contributed by atoms with Crippen molar-refractivity contribution in [2.75, 3.05) is 33.2 Å². The zero-order valence-electron chi connectivity index (χ0n) is 16.4. The molecule has 0 saturated carbocycles. The second-order valence-corrected chi connectivity index (χ2v) is 8.48. The summed E-state index contributed by atoms with van der Waals surface area (Å²) < 4.78 is 5.21. The fourth-order valence-corrected chi connectivity index (χ4v) is 3.86. The van der Waals surface area contributed by atoms with Crippen molar-refractivity contribution in [2.45, 2.75) is 32.7 Å². The van der Waals surface area contributed by atoms with Crippen LogP contribution in [0.25, 0.3) is 0 Å². The van der Waals surface area contributed by atoms with Crippen molar-refractivity contribution >= 4 is 23.2 Å². The first-order valence-corrected chi connectivity index (χ1v) is 9.99. The number of amides is 1. The first-order chi connectivity index (χ1) is 12.9. The number of nitrogens with zero attached hydrogens (tertiary/aromatic N) is 4. The Morgan fingerprint density at radius 3 is 2.56 bits per heavy atom. The minimum atomic E-state index is -0.0555. The van der Waals surface area contributed by atoms with Crippen LogP contribution in [-0.2, 0) is 12.0 Å². The molecule has 146 valence electrons. The lowest BCUT2D eigenvalue weighted by molar-refractivity contribution is 0.0657. The van der Waals surface area contributed by atoms with Crippen LogP contribution in [0.3, 0.4) is 0 Å². The Kier molecular flexibility index (Phi) is 5.84. The first-order valence-electron chi connectivity index (χ1n) is 9.12. The number of aromatic nitrogens is 1. The van der Waals surface area contributed by atoms with Crippen LogP contribution in [0, 0.1) is 0 Å². The van der Waals surface area contributed by atoms with Gasteiger partial charge in [0.2, 0.25) is 0 Å². The van der Waals surface area contributed by atoms with Gasteiger partial charge in [0, 0.05) is 44.0 Å². The SMILES string of the molecule is CN=C(NCc1nc(C(C)(C)C)cs1)N1CCN(C(=O)c2ccco2)CC1. The van der Waals surface area contributed by atoms with E-state index in [4.69, 9.17) is 9.40 Å². The van der Waals surface area contributed by atoms with Gasteiger partial charge >= 0.3 is 0 Å². The Hall–Kier alpha value is -2.35. The smallest absolute Gasteiger partial charge is 0.289 e. The number of thiazole rings is 1. The Morgan fingerprint density at radius 2 is 2.00 bits per heavy atom. The third-order valence-electron chi connectivity index (χ3n) is 4.53. The van der Waals surface area contributed by atoms with Crippen LogP contribution in [0.15, 0.2) is 33.2 Å². The summed E-state index contributed by atoms with van der Waals surface area (Å²) in [5, 5.41) is 6.57. The van der Waals surface area contributed by atoms with Gasteiger partial charge in [0.25, 0.3) is 5.91 Å². The maximum atomic E-state index is 12.4. The second-order valence-electron chi connectivity index (χ2n) is 7.53. The number of aliphatic imine (C=N–C) groups is 1. The normalized spacial score (nSPS) is 15.9. The number of nitrogens with one attached hydrogen (secondary N) is 1. The largest absolute Gasteiger partial charge is 0.459 e. The van der Waals surface area contributed by atoms with Gasteiger partial charge in [-0.05, 0) is 12.1 Å². The fourth-order valence-electron chi connectivity index (χ4n) is 2.90. The maximum Gasteiger partial charge on any atom is 0.289 e. The zero-order valence-corrected chi connectivity index (χ0v) is 17.2. The predicted octanol–water partition coefficient (Wildman–Crippen LogP) is 2.57. The summed E-state index contributed by atoms with van der Waals surface area (Å²) >= 11 is 1.67. The second kappa shape index (κ2) is 8.12. The van der Waals surface area contributed by atoms with Crippen LogP contribution in [-0.4, -0.2) is 59.9 Å². The summed E-state index contributed by atoms with van der Waals surface area (Å²) in [4.78, 5) is 25.5. The summed E-state index contributed by atoms with van der Waals surface area (Å²) in [5.74, 6) is 1.18. The van der Waals surface area contributed by atoms with E-state index in [1.807, 2.05) is 4.90 Å². The maximum absolute atomic E-state index is 12.4. The monoisotopic (exact) mass is 389 g/mol. The fraction of sp³-hybridized carbons (Fsp3) is 0.526. The lowest BCUT2D eigenvalue weighted by Crippen LogP contribution is -2.53. The van der Waals surface area contributed by atoms with Gasteiger partial charge in [0.1, 0.15) is 5.01 Å². The van der Waals surface area contributed by atoms with Gasteiger partial charge in [0.05, 0.1) is 18.5 Å². The average molecular weight is 390 g/mol. The van der Waals surface area contributed by atoms with E-state index in [1.54, 1.807) is 30.5 Å². The van der Waals surface area contributed by atoms with Gasteiger partial charge in [-0.1, -0.05) is 20.8 Å². The molecule has 1 fully saturated rings. The van der Waals surface area contributed by atoms with Gasteiger partial charge in [-0.25, -0.2) is 4.98 Å². The van der Waals surface area contributed by atoms with E-state index in [1.165, 1.54) is 6.26 Å². The molecule has 3 heterocycles. The lowest BCUT2D eigenvalue weighted by Gasteiger charge is -2.36. The highest BCUT2D eigenvalue weighted by molar-refractivity contribution is 7.09. The van der Waals surface area contributed by atoms with E-state index in [0.29, 0.717) is 25.4 Å². The number of furan rings is 1. The summed E-state index contributed by atoms with van der Waals surface area (Å²) in [5.41, 5.74) is 1.18. The summed E-state index contributed by atoms with van der Waals surface area (Å²) in [7, 11) is 1.78. The number of carbonyl (C=O) groups is 1. The molecule has 0 aromatic carbocycles.